The van der Waals surface area contributed by atoms with E-state index >= 15 is 0 Å². The Balaban J connectivity index is 2.50. The van der Waals surface area contributed by atoms with Crippen LogP contribution in [0.15, 0.2) is 0 Å². The second-order valence-electron chi connectivity index (χ2n) is 4.54. The summed E-state index contributed by atoms with van der Waals surface area (Å²) in [5, 5.41) is 19.5. The van der Waals surface area contributed by atoms with Crippen molar-refractivity contribution in [3.05, 3.63) is 0 Å². The zero-order valence-corrected chi connectivity index (χ0v) is 9.24. The molecule has 4 atom stereocenters. The minimum atomic E-state index is -0.223. The molecule has 7 N–H and O–H groups in total. The maximum Gasteiger partial charge on any atom is 0.185 e. The summed E-state index contributed by atoms with van der Waals surface area (Å²) in [6.45, 7) is 2.64. The van der Waals surface area contributed by atoms with Crippen molar-refractivity contribution < 1.29 is 5.11 Å². The average molecular weight is 214 g/mol. The molecule has 0 heterocycles. The second kappa shape index (κ2) is 5.32. The highest BCUT2D eigenvalue weighted by Gasteiger charge is 2.31. The lowest BCUT2D eigenvalue weighted by Crippen LogP contribution is -2.44. The Kier molecular flexibility index (Phi) is 4.35. The van der Waals surface area contributed by atoms with E-state index in [2.05, 4.69) is 5.32 Å². The maximum atomic E-state index is 9.59. The van der Waals surface area contributed by atoms with Crippen LogP contribution in [0.4, 0.5) is 0 Å². The van der Waals surface area contributed by atoms with Crippen molar-refractivity contribution in [3.8, 4) is 0 Å². The van der Waals surface area contributed by atoms with Gasteiger partial charge in [0.2, 0.25) is 0 Å². The van der Waals surface area contributed by atoms with Crippen molar-refractivity contribution in [3.63, 3.8) is 0 Å². The standard InChI is InChI=1S/C10H22N4O/c1-6(11)9-3-2-8(15)4-7(9)5-14-10(12)13/h6-9,15H,2-5,11H2,1H3,(H4,12,13,14)/t6-,7+,8?,9-/m0/s1. The Morgan fingerprint density at radius 1 is 1.60 bits per heavy atom. The first-order chi connectivity index (χ1) is 7.00. The number of guanidine groups is 1. The lowest BCUT2D eigenvalue weighted by molar-refractivity contribution is 0.0629. The van der Waals surface area contributed by atoms with E-state index in [0.29, 0.717) is 18.4 Å². The number of nitrogens with two attached hydrogens (primary N) is 2. The first-order valence-electron chi connectivity index (χ1n) is 5.52. The van der Waals surface area contributed by atoms with E-state index < -0.39 is 0 Å². The summed E-state index contributed by atoms with van der Waals surface area (Å²) < 4.78 is 0. The van der Waals surface area contributed by atoms with Crippen LogP contribution >= 0.6 is 0 Å². The molecule has 1 rings (SSSR count). The Morgan fingerprint density at radius 2 is 2.27 bits per heavy atom. The normalized spacial score (nSPS) is 33.4. The molecular formula is C10H22N4O. The van der Waals surface area contributed by atoms with Gasteiger partial charge in [0.1, 0.15) is 0 Å². The van der Waals surface area contributed by atoms with Gasteiger partial charge >= 0.3 is 0 Å². The van der Waals surface area contributed by atoms with Gasteiger partial charge in [0.25, 0.3) is 0 Å². The highest BCUT2D eigenvalue weighted by Crippen LogP contribution is 2.31. The molecule has 5 heteroatoms. The van der Waals surface area contributed by atoms with Crippen LogP contribution in [0.25, 0.3) is 0 Å². The quantitative estimate of drug-likeness (QED) is 0.325. The van der Waals surface area contributed by atoms with Crippen LogP contribution in [-0.4, -0.2) is 29.8 Å². The predicted octanol–water partition coefficient (Wildman–Crippen LogP) is -0.406. The largest absolute Gasteiger partial charge is 0.393 e. The Bertz CT molecular complexity index is 219. The molecule has 0 spiro atoms. The topological polar surface area (TPSA) is 108 Å². The summed E-state index contributed by atoms with van der Waals surface area (Å²) in [6.07, 6.45) is 2.33. The van der Waals surface area contributed by atoms with Gasteiger partial charge in [-0.1, -0.05) is 0 Å². The van der Waals surface area contributed by atoms with Crippen LogP contribution in [0.3, 0.4) is 0 Å². The average Bonchev–Trinajstić information content (AvgIpc) is 2.14. The van der Waals surface area contributed by atoms with Crippen molar-refractivity contribution in [2.45, 2.75) is 38.3 Å². The van der Waals surface area contributed by atoms with Crippen LogP contribution in [0.1, 0.15) is 26.2 Å². The third-order valence-corrected chi connectivity index (χ3v) is 3.24. The van der Waals surface area contributed by atoms with Gasteiger partial charge in [-0.25, -0.2) is 0 Å². The van der Waals surface area contributed by atoms with Gasteiger partial charge in [-0.3, -0.25) is 5.41 Å². The molecule has 0 aromatic carbocycles. The number of hydrogen-bond donors (Lipinski definition) is 5. The molecule has 1 aliphatic rings. The molecule has 0 radical (unpaired) electrons. The number of rotatable bonds is 3. The van der Waals surface area contributed by atoms with Gasteiger partial charge in [0.15, 0.2) is 5.96 Å². The molecule has 0 aromatic heterocycles. The van der Waals surface area contributed by atoms with Gasteiger partial charge in [-0.05, 0) is 38.0 Å². The van der Waals surface area contributed by atoms with E-state index in [0.717, 1.165) is 19.3 Å². The van der Waals surface area contributed by atoms with Gasteiger partial charge in [-0.15, -0.1) is 0 Å². The molecule has 0 saturated heterocycles. The zero-order valence-electron chi connectivity index (χ0n) is 9.24. The first kappa shape index (κ1) is 12.3. The third kappa shape index (κ3) is 3.68. The number of aliphatic hydroxyl groups excluding tert-OH is 1. The smallest absolute Gasteiger partial charge is 0.185 e. The molecule has 1 unspecified atom stereocenters. The summed E-state index contributed by atoms with van der Waals surface area (Å²) >= 11 is 0. The van der Waals surface area contributed by atoms with Gasteiger partial charge in [0, 0.05) is 12.6 Å². The Hall–Kier alpha value is -0.810. The minimum Gasteiger partial charge on any atom is -0.393 e. The van der Waals surface area contributed by atoms with E-state index in [1.165, 1.54) is 0 Å². The summed E-state index contributed by atoms with van der Waals surface area (Å²) in [7, 11) is 0. The lowest BCUT2D eigenvalue weighted by atomic mass is 9.74. The number of aliphatic hydroxyl groups is 1. The highest BCUT2D eigenvalue weighted by molar-refractivity contribution is 5.74. The Morgan fingerprint density at radius 3 is 2.80 bits per heavy atom. The van der Waals surface area contributed by atoms with Crippen molar-refractivity contribution in [2.24, 2.45) is 23.3 Å². The van der Waals surface area contributed by atoms with Crippen LogP contribution in [0.5, 0.6) is 0 Å². The fourth-order valence-electron chi connectivity index (χ4n) is 2.43. The molecule has 0 aliphatic heterocycles. The predicted molar refractivity (Wildman–Crippen MR) is 60.4 cm³/mol. The molecule has 1 saturated carbocycles. The fraction of sp³-hybridized carbons (Fsp3) is 0.900. The zero-order chi connectivity index (χ0) is 11.4. The van der Waals surface area contributed by atoms with E-state index in [-0.39, 0.29) is 18.1 Å². The fourth-order valence-corrected chi connectivity index (χ4v) is 2.43. The molecule has 15 heavy (non-hydrogen) atoms. The molecule has 0 amide bonds. The van der Waals surface area contributed by atoms with Crippen LogP contribution in [0, 0.1) is 17.2 Å². The monoisotopic (exact) mass is 214 g/mol. The molecule has 88 valence electrons. The molecule has 1 aliphatic carbocycles. The SMILES string of the molecule is C[C@H](N)[C@@H]1CCC(O)C[C@@H]1CNC(=N)N. The second-order valence-corrected chi connectivity index (χ2v) is 4.54. The van der Waals surface area contributed by atoms with Gasteiger partial charge in [-0.2, -0.15) is 0 Å². The number of nitrogens with one attached hydrogen (secondary N) is 2. The summed E-state index contributed by atoms with van der Waals surface area (Å²) in [5.41, 5.74) is 11.2. The minimum absolute atomic E-state index is 0.0153. The van der Waals surface area contributed by atoms with E-state index in [9.17, 15) is 5.11 Å². The van der Waals surface area contributed by atoms with Crippen LogP contribution < -0.4 is 16.8 Å². The van der Waals surface area contributed by atoms with Gasteiger partial charge in [0.05, 0.1) is 6.10 Å². The summed E-state index contributed by atoms with van der Waals surface area (Å²) in [4.78, 5) is 0. The van der Waals surface area contributed by atoms with E-state index in [1.54, 1.807) is 0 Å². The lowest BCUT2D eigenvalue weighted by Gasteiger charge is -2.36. The third-order valence-electron chi connectivity index (χ3n) is 3.24. The highest BCUT2D eigenvalue weighted by atomic mass is 16.3. The molecule has 1 fully saturated rings. The summed E-state index contributed by atoms with van der Waals surface area (Å²) in [5.74, 6) is 0.719. The van der Waals surface area contributed by atoms with Crippen molar-refractivity contribution in [1.82, 2.24) is 5.32 Å². The van der Waals surface area contributed by atoms with Crippen LogP contribution in [-0.2, 0) is 0 Å². The molecule has 5 nitrogen and oxygen atoms in total. The first-order valence-corrected chi connectivity index (χ1v) is 5.52. The van der Waals surface area contributed by atoms with Crippen LogP contribution in [0.2, 0.25) is 0 Å². The molecule has 0 aromatic rings. The van der Waals surface area contributed by atoms with Gasteiger partial charge < -0.3 is 21.9 Å². The van der Waals surface area contributed by atoms with Crippen molar-refractivity contribution >= 4 is 5.96 Å². The van der Waals surface area contributed by atoms with E-state index in [1.807, 2.05) is 6.92 Å². The van der Waals surface area contributed by atoms with Crippen molar-refractivity contribution in [1.29, 1.82) is 5.41 Å². The Labute approximate surface area is 90.7 Å². The maximum absolute atomic E-state index is 9.59. The summed E-state index contributed by atoms with van der Waals surface area (Å²) in [6, 6.07) is 0.135. The molecular weight excluding hydrogens is 192 g/mol. The van der Waals surface area contributed by atoms with Crippen molar-refractivity contribution in [2.75, 3.05) is 6.54 Å². The van der Waals surface area contributed by atoms with E-state index in [4.69, 9.17) is 16.9 Å². The molecule has 0 bridgehead atoms. The number of hydrogen-bond acceptors (Lipinski definition) is 3.